The molecule has 1 aliphatic heterocycles. The van der Waals surface area contributed by atoms with Crippen molar-refractivity contribution in [3.63, 3.8) is 0 Å². The predicted molar refractivity (Wildman–Crippen MR) is 134 cm³/mol. The average Bonchev–Trinajstić information content (AvgIpc) is 3.32. The Morgan fingerprint density at radius 1 is 0.970 bits per heavy atom. The van der Waals surface area contributed by atoms with E-state index in [1.165, 1.54) is 34.6 Å². The van der Waals surface area contributed by atoms with E-state index in [4.69, 9.17) is 12.2 Å². The summed E-state index contributed by atoms with van der Waals surface area (Å²) in [6, 6.07) is 24.9. The molecule has 1 fully saturated rings. The van der Waals surface area contributed by atoms with Crippen LogP contribution in [0.3, 0.4) is 0 Å². The zero-order chi connectivity index (χ0) is 22.9. The fourth-order valence-corrected chi connectivity index (χ4v) is 5.03. The van der Waals surface area contributed by atoms with Gasteiger partial charge in [-0.25, -0.2) is 4.39 Å². The van der Waals surface area contributed by atoms with Gasteiger partial charge in [0.2, 0.25) is 0 Å². The Morgan fingerprint density at radius 2 is 1.70 bits per heavy atom. The minimum atomic E-state index is -0.268. The third-order valence-corrected chi connectivity index (χ3v) is 6.63. The fraction of sp³-hybridized carbons (Fsp3) is 0.185. The molecule has 166 valence electrons. The van der Waals surface area contributed by atoms with Crippen LogP contribution in [0.4, 0.5) is 10.1 Å². The van der Waals surface area contributed by atoms with E-state index >= 15 is 0 Å². The molecule has 0 radical (unpaired) electrons. The van der Waals surface area contributed by atoms with Gasteiger partial charge < -0.3 is 14.8 Å². The highest BCUT2D eigenvalue weighted by atomic mass is 32.1. The van der Waals surface area contributed by atoms with Crippen LogP contribution < -0.4 is 10.2 Å². The lowest BCUT2D eigenvalue weighted by Gasteiger charge is -2.28. The Morgan fingerprint density at radius 3 is 2.39 bits per heavy atom. The summed E-state index contributed by atoms with van der Waals surface area (Å²) in [4.78, 5) is 6.71. The average molecular weight is 457 g/mol. The molecule has 2 aromatic carbocycles. The zero-order valence-electron chi connectivity index (χ0n) is 18.6. The molecule has 5 rings (SSSR count). The molecular weight excluding hydrogens is 431 g/mol. The maximum absolute atomic E-state index is 13.7. The largest absolute Gasteiger partial charge is 0.351 e. The molecule has 2 aromatic heterocycles. The van der Waals surface area contributed by atoms with Crippen LogP contribution in [0, 0.1) is 19.7 Å². The number of nitrogens with zero attached hydrogens (tertiary/aromatic N) is 3. The van der Waals surface area contributed by atoms with Crippen LogP contribution in [-0.2, 0) is 6.54 Å². The normalized spacial score (nSPS) is 17.9. The number of nitrogens with one attached hydrogen (secondary N) is 1. The molecule has 33 heavy (non-hydrogen) atoms. The first-order chi connectivity index (χ1) is 16.0. The van der Waals surface area contributed by atoms with Crippen LogP contribution in [-0.4, -0.2) is 14.7 Å². The van der Waals surface area contributed by atoms with E-state index in [0.29, 0.717) is 5.11 Å². The third kappa shape index (κ3) is 4.02. The molecule has 0 amide bonds. The first kappa shape index (κ1) is 21.3. The van der Waals surface area contributed by atoms with Crippen molar-refractivity contribution in [3.05, 3.63) is 119 Å². The van der Waals surface area contributed by atoms with Crippen LogP contribution in [0.1, 0.15) is 40.3 Å². The van der Waals surface area contributed by atoms with Gasteiger partial charge in [0.05, 0.1) is 17.8 Å². The molecule has 4 aromatic rings. The number of aromatic nitrogens is 2. The molecule has 2 atom stereocenters. The number of aryl methyl sites for hydroxylation is 1. The Bertz CT molecular complexity index is 1270. The molecule has 0 aliphatic carbocycles. The van der Waals surface area contributed by atoms with Crippen LogP contribution >= 0.6 is 12.2 Å². The Hall–Kier alpha value is -3.51. The molecule has 0 bridgehead atoms. The quantitative estimate of drug-likeness (QED) is 0.381. The van der Waals surface area contributed by atoms with Crippen molar-refractivity contribution in [2.45, 2.75) is 32.5 Å². The SMILES string of the molecule is Cc1cc(C2C(c3ccccn3)NC(=S)N2c2ccc(F)cc2)c(C)n1Cc1ccccc1. The van der Waals surface area contributed by atoms with Gasteiger partial charge >= 0.3 is 0 Å². The van der Waals surface area contributed by atoms with Crippen molar-refractivity contribution in [2.24, 2.45) is 0 Å². The highest BCUT2D eigenvalue weighted by molar-refractivity contribution is 7.80. The summed E-state index contributed by atoms with van der Waals surface area (Å²) in [5.41, 5.74) is 6.56. The summed E-state index contributed by atoms with van der Waals surface area (Å²) in [7, 11) is 0. The lowest BCUT2D eigenvalue weighted by Crippen LogP contribution is -2.29. The van der Waals surface area contributed by atoms with E-state index in [0.717, 1.165) is 17.9 Å². The van der Waals surface area contributed by atoms with Gasteiger partial charge in [0.1, 0.15) is 5.82 Å². The smallest absolute Gasteiger partial charge is 0.174 e. The summed E-state index contributed by atoms with van der Waals surface area (Å²) in [5, 5.41) is 4.09. The lowest BCUT2D eigenvalue weighted by atomic mass is 9.96. The summed E-state index contributed by atoms with van der Waals surface area (Å²) >= 11 is 5.78. The van der Waals surface area contributed by atoms with E-state index < -0.39 is 0 Å². The first-order valence-corrected chi connectivity index (χ1v) is 11.4. The summed E-state index contributed by atoms with van der Waals surface area (Å²) in [6.07, 6.45) is 1.80. The van der Waals surface area contributed by atoms with Crippen LogP contribution in [0.2, 0.25) is 0 Å². The highest BCUT2D eigenvalue weighted by Crippen LogP contribution is 2.43. The van der Waals surface area contributed by atoms with Gasteiger partial charge in [-0.3, -0.25) is 4.98 Å². The van der Waals surface area contributed by atoms with Crippen molar-refractivity contribution in [1.29, 1.82) is 0 Å². The van der Waals surface area contributed by atoms with E-state index in [9.17, 15) is 4.39 Å². The summed E-state index contributed by atoms with van der Waals surface area (Å²) < 4.78 is 16.0. The molecule has 0 saturated carbocycles. The molecule has 1 saturated heterocycles. The molecule has 2 unspecified atom stereocenters. The maximum atomic E-state index is 13.7. The number of halogens is 1. The number of anilines is 1. The number of thiocarbonyl (C=S) groups is 1. The molecular formula is C27H25FN4S. The van der Waals surface area contributed by atoms with Gasteiger partial charge in [-0.15, -0.1) is 0 Å². The topological polar surface area (TPSA) is 33.1 Å². The fourth-order valence-electron chi connectivity index (χ4n) is 4.69. The summed E-state index contributed by atoms with van der Waals surface area (Å²) in [5.74, 6) is -0.268. The number of hydrogen-bond acceptors (Lipinski definition) is 2. The van der Waals surface area contributed by atoms with E-state index in [1.54, 1.807) is 18.3 Å². The van der Waals surface area contributed by atoms with Gasteiger partial charge in [0.25, 0.3) is 0 Å². The number of rotatable bonds is 5. The molecule has 3 heterocycles. The van der Waals surface area contributed by atoms with E-state index in [2.05, 4.69) is 63.9 Å². The Labute approximate surface area is 198 Å². The number of benzene rings is 2. The minimum Gasteiger partial charge on any atom is -0.351 e. The second-order valence-corrected chi connectivity index (χ2v) is 8.76. The lowest BCUT2D eigenvalue weighted by molar-refractivity contribution is 0.563. The Balaban J connectivity index is 1.62. The Kier molecular flexibility index (Phi) is 5.68. The van der Waals surface area contributed by atoms with Crippen molar-refractivity contribution < 1.29 is 4.39 Å². The van der Waals surface area contributed by atoms with Crippen molar-refractivity contribution in [1.82, 2.24) is 14.9 Å². The molecule has 0 spiro atoms. The monoisotopic (exact) mass is 456 g/mol. The molecule has 1 aliphatic rings. The van der Waals surface area contributed by atoms with Crippen molar-refractivity contribution in [2.75, 3.05) is 4.90 Å². The maximum Gasteiger partial charge on any atom is 0.174 e. The van der Waals surface area contributed by atoms with Crippen molar-refractivity contribution >= 4 is 23.0 Å². The van der Waals surface area contributed by atoms with Crippen LogP contribution in [0.25, 0.3) is 0 Å². The predicted octanol–water partition coefficient (Wildman–Crippen LogP) is 5.86. The van der Waals surface area contributed by atoms with Gasteiger partial charge in [-0.2, -0.15) is 0 Å². The second kappa shape index (κ2) is 8.79. The highest BCUT2D eigenvalue weighted by Gasteiger charge is 2.42. The molecule has 4 nitrogen and oxygen atoms in total. The summed E-state index contributed by atoms with van der Waals surface area (Å²) in [6.45, 7) is 5.09. The minimum absolute atomic E-state index is 0.117. The first-order valence-electron chi connectivity index (χ1n) is 11.0. The van der Waals surface area contributed by atoms with E-state index in [1.807, 2.05) is 24.3 Å². The zero-order valence-corrected chi connectivity index (χ0v) is 19.4. The van der Waals surface area contributed by atoms with Crippen molar-refractivity contribution in [3.8, 4) is 0 Å². The molecule has 1 N–H and O–H groups in total. The second-order valence-electron chi connectivity index (χ2n) is 8.37. The van der Waals surface area contributed by atoms with Crippen LogP contribution in [0.15, 0.2) is 85.1 Å². The van der Waals surface area contributed by atoms with Gasteiger partial charge in [-0.1, -0.05) is 36.4 Å². The van der Waals surface area contributed by atoms with Gasteiger partial charge in [0, 0.05) is 29.8 Å². The third-order valence-electron chi connectivity index (χ3n) is 6.32. The van der Waals surface area contributed by atoms with Crippen LogP contribution in [0.5, 0.6) is 0 Å². The standard InChI is InChI=1S/C27H25FN4S/c1-18-16-23(19(2)31(18)17-20-8-4-3-5-9-20)26-25(24-10-6-7-15-29-24)30-27(33)32(26)22-13-11-21(28)12-14-22/h3-16,25-26H,17H2,1-2H3,(H,30,33). The van der Waals surface area contributed by atoms with Gasteiger partial charge in [-0.05, 0) is 79.7 Å². The number of hydrogen-bond donors (Lipinski definition) is 1. The van der Waals surface area contributed by atoms with Gasteiger partial charge in [0.15, 0.2) is 5.11 Å². The van der Waals surface area contributed by atoms with E-state index in [-0.39, 0.29) is 17.9 Å². The number of pyridine rings is 1. The molecule has 6 heteroatoms.